The van der Waals surface area contributed by atoms with Crippen LogP contribution in [0.3, 0.4) is 0 Å². The van der Waals surface area contributed by atoms with Crippen LogP contribution in [0.1, 0.15) is 33.1 Å². The summed E-state index contributed by atoms with van der Waals surface area (Å²) in [6.45, 7) is 4.52. The number of sulfone groups is 1. The molecule has 0 bridgehead atoms. The molecule has 1 aliphatic carbocycles. The first-order valence-electron chi connectivity index (χ1n) is 6.36. The van der Waals surface area contributed by atoms with Gasteiger partial charge in [0, 0.05) is 18.0 Å². The minimum absolute atomic E-state index is 0.279. The zero-order chi connectivity index (χ0) is 13.4. The summed E-state index contributed by atoms with van der Waals surface area (Å²) in [6.07, 6.45) is 4.84. The maximum absolute atomic E-state index is 11.5. The highest BCUT2D eigenvalue weighted by Crippen LogP contribution is 2.39. The minimum Gasteiger partial charge on any atom is -0.382 e. The van der Waals surface area contributed by atoms with Crippen LogP contribution in [-0.4, -0.2) is 20.7 Å². The van der Waals surface area contributed by atoms with Crippen LogP contribution in [0.4, 0.5) is 5.69 Å². The SMILES string of the molecule is CC1(C)CCCC1Nc1cccc(S(C)(=O)=O)c1. The predicted molar refractivity (Wildman–Crippen MR) is 74.6 cm³/mol. The van der Waals surface area contributed by atoms with Crippen molar-refractivity contribution in [2.75, 3.05) is 11.6 Å². The second-order valence-corrected chi connectivity index (χ2v) is 7.89. The van der Waals surface area contributed by atoms with Gasteiger partial charge in [0.25, 0.3) is 0 Å². The molecule has 1 aromatic rings. The summed E-state index contributed by atoms with van der Waals surface area (Å²) in [5.74, 6) is 0. The van der Waals surface area contributed by atoms with Crippen molar-refractivity contribution in [3.63, 3.8) is 0 Å². The average Bonchev–Trinajstić information content (AvgIpc) is 2.58. The van der Waals surface area contributed by atoms with E-state index in [-0.39, 0.29) is 5.41 Å². The van der Waals surface area contributed by atoms with Gasteiger partial charge < -0.3 is 5.32 Å². The maximum atomic E-state index is 11.5. The fourth-order valence-corrected chi connectivity index (χ4v) is 3.28. The molecule has 4 heteroatoms. The summed E-state index contributed by atoms with van der Waals surface area (Å²) in [5.41, 5.74) is 1.18. The molecule has 0 aromatic heterocycles. The van der Waals surface area contributed by atoms with Crippen molar-refractivity contribution in [3.05, 3.63) is 24.3 Å². The van der Waals surface area contributed by atoms with Gasteiger partial charge in [-0.15, -0.1) is 0 Å². The molecule has 100 valence electrons. The molecule has 0 saturated heterocycles. The van der Waals surface area contributed by atoms with Crippen molar-refractivity contribution in [2.45, 2.75) is 44.0 Å². The smallest absolute Gasteiger partial charge is 0.175 e. The molecule has 0 radical (unpaired) electrons. The van der Waals surface area contributed by atoms with Gasteiger partial charge in [0.05, 0.1) is 4.90 Å². The Morgan fingerprint density at radius 2 is 2.06 bits per heavy atom. The Kier molecular flexibility index (Phi) is 3.41. The van der Waals surface area contributed by atoms with Crippen LogP contribution in [0.5, 0.6) is 0 Å². The Labute approximate surface area is 110 Å². The number of rotatable bonds is 3. The van der Waals surface area contributed by atoms with Crippen molar-refractivity contribution in [1.82, 2.24) is 0 Å². The van der Waals surface area contributed by atoms with E-state index in [1.54, 1.807) is 18.2 Å². The Morgan fingerprint density at radius 3 is 2.61 bits per heavy atom. The lowest BCUT2D eigenvalue weighted by Crippen LogP contribution is -2.30. The Bertz CT molecular complexity index is 534. The molecule has 3 nitrogen and oxygen atoms in total. The van der Waals surface area contributed by atoms with Gasteiger partial charge in [-0.3, -0.25) is 0 Å². The third-order valence-electron chi connectivity index (χ3n) is 3.86. The number of hydrogen-bond acceptors (Lipinski definition) is 3. The summed E-state index contributed by atoms with van der Waals surface area (Å²) >= 11 is 0. The lowest BCUT2D eigenvalue weighted by molar-refractivity contribution is 0.350. The first-order chi connectivity index (χ1) is 8.29. The normalized spacial score (nSPS) is 22.9. The van der Waals surface area contributed by atoms with Gasteiger partial charge in [0.1, 0.15) is 0 Å². The van der Waals surface area contributed by atoms with Crippen LogP contribution < -0.4 is 5.32 Å². The molecule has 0 aliphatic heterocycles. The molecule has 1 saturated carbocycles. The van der Waals surface area contributed by atoms with Crippen molar-refractivity contribution in [2.24, 2.45) is 5.41 Å². The van der Waals surface area contributed by atoms with E-state index in [9.17, 15) is 8.42 Å². The topological polar surface area (TPSA) is 46.2 Å². The quantitative estimate of drug-likeness (QED) is 0.915. The number of benzene rings is 1. The predicted octanol–water partition coefficient (Wildman–Crippen LogP) is 3.08. The van der Waals surface area contributed by atoms with Crippen LogP contribution in [0.15, 0.2) is 29.2 Å². The molecule has 18 heavy (non-hydrogen) atoms. The molecule has 1 atom stereocenters. The van der Waals surface area contributed by atoms with E-state index in [1.807, 2.05) is 6.07 Å². The van der Waals surface area contributed by atoms with E-state index in [2.05, 4.69) is 19.2 Å². The first kappa shape index (κ1) is 13.4. The standard InChI is InChI=1S/C14H21NO2S/c1-14(2)9-5-8-13(14)15-11-6-4-7-12(10-11)18(3,16)17/h4,6-7,10,13,15H,5,8-9H2,1-3H3. The van der Waals surface area contributed by atoms with Gasteiger partial charge in [-0.25, -0.2) is 8.42 Å². The van der Waals surface area contributed by atoms with Crippen LogP contribution in [0.2, 0.25) is 0 Å². The number of anilines is 1. The molecule has 1 aromatic carbocycles. The zero-order valence-corrected chi connectivity index (χ0v) is 12.0. The first-order valence-corrected chi connectivity index (χ1v) is 8.25. The lowest BCUT2D eigenvalue weighted by Gasteiger charge is -2.28. The van der Waals surface area contributed by atoms with Crippen LogP contribution >= 0.6 is 0 Å². The average molecular weight is 267 g/mol. The second-order valence-electron chi connectivity index (χ2n) is 5.88. The van der Waals surface area contributed by atoms with Gasteiger partial charge in [-0.05, 0) is 36.5 Å². The number of nitrogens with one attached hydrogen (secondary N) is 1. The van der Waals surface area contributed by atoms with E-state index in [0.29, 0.717) is 10.9 Å². The Morgan fingerprint density at radius 1 is 1.33 bits per heavy atom. The van der Waals surface area contributed by atoms with E-state index < -0.39 is 9.84 Å². The molecule has 1 unspecified atom stereocenters. The molecule has 0 heterocycles. The van der Waals surface area contributed by atoms with Gasteiger partial charge in [0.15, 0.2) is 9.84 Å². The molecule has 1 N–H and O–H groups in total. The van der Waals surface area contributed by atoms with E-state index in [1.165, 1.54) is 19.1 Å². The second kappa shape index (κ2) is 4.57. The molecule has 0 amide bonds. The van der Waals surface area contributed by atoms with E-state index in [0.717, 1.165) is 12.1 Å². The Hall–Kier alpha value is -1.03. The van der Waals surface area contributed by atoms with E-state index >= 15 is 0 Å². The number of hydrogen-bond donors (Lipinski definition) is 1. The third kappa shape index (κ3) is 2.86. The summed E-state index contributed by atoms with van der Waals surface area (Å²) < 4.78 is 23.0. The van der Waals surface area contributed by atoms with Crippen molar-refractivity contribution in [3.8, 4) is 0 Å². The highest BCUT2D eigenvalue weighted by atomic mass is 32.2. The van der Waals surface area contributed by atoms with Crippen molar-refractivity contribution >= 4 is 15.5 Å². The van der Waals surface area contributed by atoms with Gasteiger partial charge in [-0.2, -0.15) is 0 Å². The summed E-state index contributed by atoms with van der Waals surface area (Å²) in [5, 5.41) is 3.48. The fraction of sp³-hybridized carbons (Fsp3) is 0.571. The molecule has 1 aliphatic rings. The summed E-state index contributed by atoms with van der Waals surface area (Å²) in [6, 6.07) is 7.51. The minimum atomic E-state index is -3.13. The highest BCUT2D eigenvalue weighted by molar-refractivity contribution is 7.90. The van der Waals surface area contributed by atoms with Crippen LogP contribution in [0.25, 0.3) is 0 Å². The van der Waals surface area contributed by atoms with Crippen molar-refractivity contribution < 1.29 is 8.42 Å². The van der Waals surface area contributed by atoms with Gasteiger partial charge in [-0.1, -0.05) is 26.3 Å². The monoisotopic (exact) mass is 267 g/mol. The fourth-order valence-electron chi connectivity index (χ4n) is 2.61. The van der Waals surface area contributed by atoms with Gasteiger partial charge >= 0.3 is 0 Å². The molecule has 1 fully saturated rings. The summed E-state index contributed by atoms with van der Waals surface area (Å²) in [4.78, 5) is 0.378. The largest absolute Gasteiger partial charge is 0.382 e. The lowest BCUT2D eigenvalue weighted by atomic mass is 9.87. The van der Waals surface area contributed by atoms with Gasteiger partial charge in [0.2, 0.25) is 0 Å². The van der Waals surface area contributed by atoms with Crippen LogP contribution in [0, 0.1) is 5.41 Å². The molecule has 2 rings (SSSR count). The third-order valence-corrected chi connectivity index (χ3v) is 4.97. The van der Waals surface area contributed by atoms with Crippen LogP contribution in [-0.2, 0) is 9.84 Å². The maximum Gasteiger partial charge on any atom is 0.175 e. The molecular weight excluding hydrogens is 246 g/mol. The van der Waals surface area contributed by atoms with Crippen molar-refractivity contribution in [1.29, 1.82) is 0 Å². The highest BCUT2D eigenvalue weighted by Gasteiger charge is 2.34. The zero-order valence-electron chi connectivity index (χ0n) is 11.2. The summed E-state index contributed by atoms with van der Waals surface area (Å²) in [7, 11) is -3.13. The molecule has 0 spiro atoms. The van der Waals surface area contributed by atoms with E-state index in [4.69, 9.17) is 0 Å². The Balaban J connectivity index is 2.20. The molecular formula is C14H21NO2S.